The summed E-state index contributed by atoms with van der Waals surface area (Å²) in [5.74, 6) is 0.820. The van der Waals surface area contributed by atoms with E-state index in [1.165, 1.54) is 6.07 Å². The van der Waals surface area contributed by atoms with E-state index in [0.29, 0.717) is 13.0 Å². The van der Waals surface area contributed by atoms with Crippen LogP contribution in [0.15, 0.2) is 36.4 Å². The molecule has 2 aromatic carbocycles. The molecule has 2 amide bonds. The minimum atomic E-state index is -4.60. The Morgan fingerprint density at radius 1 is 1.26 bits per heavy atom. The number of imidazole rings is 1. The molecule has 3 N–H and O–H groups in total. The van der Waals surface area contributed by atoms with E-state index in [9.17, 15) is 18.0 Å². The van der Waals surface area contributed by atoms with Crippen molar-refractivity contribution < 1.29 is 18.0 Å². The SMILES string of the molecule is Cc1ccc2nc(C3CC(NC(=O)Nc4ccc(Cl)c(C(F)(F)F)c4)CN3C)[nH]c2c1. The van der Waals surface area contributed by atoms with E-state index in [1.54, 1.807) is 0 Å². The van der Waals surface area contributed by atoms with Gasteiger partial charge in [0.25, 0.3) is 0 Å². The van der Waals surface area contributed by atoms with Gasteiger partial charge in [-0.15, -0.1) is 0 Å². The third kappa shape index (κ3) is 4.62. The summed E-state index contributed by atoms with van der Waals surface area (Å²) in [6, 6.07) is 8.50. The van der Waals surface area contributed by atoms with Gasteiger partial charge in [-0.1, -0.05) is 17.7 Å². The first-order valence-electron chi connectivity index (χ1n) is 9.71. The summed E-state index contributed by atoms with van der Waals surface area (Å²) < 4.78 is 39.0. The fourth-order valence-electron chi connectivity index (χ4n) is 3.90. The smallest absolute Gasteiger partial charge is 0.341 e. The maximum Gasteiger partial charge on any atom is 0.417 e. The third-order valence-electron chi connectivity index (χ3n) is 5.38. The molecule has 6 nitrogen and oxygen atoms in total. The molecule has 10 heteroatoms. The molecule has 2 unspecified atom stereocenters. The van der Waals surface area contributed by atoms with Crippen LogP contribution >= 0.6 is 11.6 Å². The molecule has 1 aliphatic rings. The summed E-state index contributed by atoms with van der Waals surface area (Å²) in [6.45, 7) is 2.60. The highest BCUT2D eigenvalue weighted by Crippen LogP contribution is 2.36. The molecule has 164 valence electrons. The molecule has 0 bridgehead atoms. The Bertz CT molecular complexity index is 1130. The number of fused-ring (bicyclic) bond motifs is 1. The van der Waals surface area contributed by atoms with E-state index in [1.807, 2.05) is 32.2 Å². The molecule has 3 aromatic rings. The zero-order chi connectivity index (χ0) is 22.3. The Hall–Kier alpha value is -2.78. The van der Waals surface area contributed by atoms with Gasteiger partial charge in [0.15, 0.2) is 0 Å². The summed E-state index contributed by atoms with van der Waals surface area (Å²) in [7, 11) is 1.94. The van der Waals surface area contributed by atoms with Crippen molar-refractivity contribution in [2.24, 2.45) is 0 Å². The van der Waals surface area contributed by atoms with Crippen LogP contribution < -0.4 is 10.6 Å². The van der Waals surface area contributed by atoms with Gasteiger partial charge in [-0.3, -0.25) is 4.90 Å². The number of H-pyrrole nitrogens is 1. The number of aromatic amines is 1. The molecule has 0 saturated carbocycles. The van der Waals surface area contributed by atoms with Crippen LogP contribution in [-0.4, -0.2) is 40.5 Å². The molecule has 2 atom stereocenters. The number of nitrogens with one attached hydrogen (secondary N) is 3. The van der Waals surface area contributed by atoms with Gasteiger partial charge in [-0.2, -0.15) is 13.2 Å². The number of benzene rings is 2. The van der Waals surface area contributed by atoms with E-state index >= 15 is 0 Å². The van der Waals surface area contributed by atoms with Gasteiger partial charge in [0.05, 0.1) is 27.7 Å². The minimum absolute atomic E-state index is 0.00892. The number of nitrogens with zero attached hydrogens (tertiary/aromatic N) is 2. The lowest BCUT2D eigenvalue weighted by Gasteiger charge is -2.16. The lowest BCUT2D eigenvalue weighted by molar-refractivity contribution is -0.137. The number of amides is 2. The van der Waals surface area contributed by atoms with Gasteiger partial charge in [0, 0.05) is 18.3 Å². The van der Waals surface area contributed by atoms with Crippen molar-refractivity contribution in [2.75, 3.05) is 18.9 Å². The largest absolute Gasteiger partial charge is 0.417 e. The number of hydrogen-bond acceptors (Lipinski definition) is 3. The molecule has 0 aliphatic carbocycles. The second-order valence-electron chi connectivity index (χ2n) is 7.82. The summed E-state index contributed by atoms with van der Waals surface area (Å²) in [6.07, 6.45) is -3.98. The molecule has 1 saturated heterocycles. The highest BCUT2D eigenvalue weighted by molar-refractivity contribution is 6.31. The monoisotopic (exact) mass is 451 g/mol. The van der Waals surface area contributed by atoms with E-state index in [2.05, 4.69) is 25.5 Å². The zero-order valence-corrected chi connectivity index (χ0v) is 17.6. The number of aryl methyl sites for hydroxylation is 1. The van der Waals surface area contributed by atoms with E-state index < -0.39 is 22.8 Å². The number of carbonyl (C=O) groups is 1. The number of alkyl halides is 3. The Morgan fingerprint density at radius 3 is 2.77 bits per heavy atom. The number of urea groups is 1. The van der Waals surface area contributed by atoms with Gasteiger partial charge in [-0.05, 0) is 56.3 Å². The van der Waals surface area contributed by atoms with Crippen molar-refractivity contribution in [2.45, 2.75) is 31.6 Å². The van der Waals surface area contributed by atoms with Crippen molar-refractivity contribution in [3.63, 3.8) is 0 Å². The van der Waals surface area contributed by atoms with Gasteiger partial charge in [-0.25, -0.2) is 9.78 Å². The standard InChI is InChI=1S/C21H21ClF3N5O/c1-11-3-6-16-17(7-11)29-19(28-16)18-9-13(10-30(18)2)27-20(31)26-12-4-5-15(22)14(8-12)21(23,24)25/h3-8,13,18H,9-10H2,1-2H3,(H,28,29)(H2,26,27,31). The van der Waals surface area contributed by atoms with Crippen LogP contribution in [0.3, 0.4) is 0 Å². The van der Waals surface area contributed by atoms with Crippen LogP contribution in [0.2, 0.25) is 5.02 Å². The average molecular weight is 452 g/mol. The molecule has 4 rings (SSSR count). The summed E-state index contributed by atoms with van der Waals surface area (Å²) in [5.41, 5.74) is 2.00. The molecule has 0 spiro atoms. The highest BCUT2D eigenvalue weighted by atomic mass is 35.5. The number of hydrogen-bond donors (Lipinski definition) is 3. The van der Waals surface area contributed by atoms with Gasteiger partial charge in [0.1, 0.15) is 5.82 Å². The maximum atomic E-state index is 13.0. The predicted octanol–water partition coefficient (Wildman–Crippen LogP) is 5.11. The Morgan fingerprint density at radius 2 is 2.03 bits per heavy atom. The highest BCUT2D eigenvalue weighted by Gasteiger charge is 2.35. The second kappa shape index (κ2) is 8.05. The van der Waals surface area contributed by atoms with Crippen LogP contribution in [0.5, 0.6) is 0 Å². The molecule has 1 fully saturated rings. The minimum Gasteiger partial charge on any atom is -0.341 e. The summed E-state index contributed by atoms with van der Waals surface area (Å²) >= 11 is 5.62. The van der Waals surface area contributed by atoms with Crippen LogP contribution in [0.1, 0.15) is 29.4 Å². The number of likely N-dealkylation sites (tertiary alicyclic amines) is 1. The molecular formula is C21H21ClF3N5O. The number of rotatable bonds is 3. The predicted molar refractivity (Wildman–Crippen MR) is 113 cm³/mol. The number of likely N-dealkylation sites (N-methyl/N-ethyl adjacent to an activating group) is 1. The molecule has 31 heavy (non-hydrogen) atoms. The molecular weight excluding hydrogens is 431 g/mol. The van der Waals surface area contributed by atoms with Crippen molar-refractivity contribution in [1.82, 2.24) is 20.2 Å². The number of anilines is 1. The average Bonchev–Trinajstić information content (AvgIpc) is 3.24. The quantitative estimate of drug-likeness (QED) is 0.518. The molecule has 2 heterocycles. The lowest BCUT2D eigenvalue weighted by atomic mass is 10.1. The van der Waals surface area contributed by atoms with E-state index in [-0.39, 0.29) is 17.8 Å². The van der Waals surface area contributed by atoms with Crippen molar-refractivity contribution >= 4 is 34.4 Å². The zero-order valence-electron chi connectivity index (χ0n) is 16.8. The Kier molecular flexibility index (Phi) is 5.57. The summed E-state index contributed by atoms with van der Waals surface area (Å²) in [5, 5.41) is 4.86. The van der Waals surface area contributed by atoms with Crippen molar-refractivity contribution in [3.05, 3.63) is 58.4 Å². The van der Waals surface area contributed by atoms with Crippen LogP contribution in [-0.2, 0) is 6.18 Å². The van der Waals surface area contributed by atoms with Gasteiger partial charge < -0.3 is 15.6 Å². The second-order valence-corrected chi connectivity index (χ2v) is 8.23. The van der Waals surface area contributed by atoms with E-state index in [0.717, 1.165) is 34.6 Å². The molecule has 1 aromatic heterocycles. The topological polar surface area (TPSA) is 73.1 Å². The normalized spacial score (nSPS) is 19.7. The number of aromatic nitrogens is 2. The Labute approximate surface area is 181 Å². The number of carbonyl (C=O) groups excluding carboxylic acids is 1. The van der Waals surface area contributed by atoms with E-state index in [4.69, 9.17) is 11.6 Å². The molecule has 0 radical (unpaired) electrons. The lowest BCUT2D eigenvalue weighted by Crippen LogP contribution is -2.39. The third-order valence-corrected chi connectivity index (χ3v) is 5.71. The first kappa shape index (κ1) is 21.5. The fourth-order valence-corrected chi connectivity index (χ4v) is 4.12. The van der Waals surface area contributed by atoms with Crippen molar-refractivity contribution in [3.8, 4) is 0 Å². The number of halogens is 4. The fraction of sp³-hybridized carbons (Fsp3) is 0.333. The van der Waals surface area contributed by atoms with Crippen LogP contribution in [0.25, 0.3) is 11.0 Å². The first-order chi connectivity index (χ1) is 14.6. The maximum absolute atomic E-state index is 13.0. The molecule has 1 aliphatic heterocycles. The van der Waals surface area contributed by atoms with Gasteiger partial charge >= 0.3 is 12.2 Å². The van der Waals surface area contributed by atoms with Crippen molar-refractivity contribution in [1.29, 1.82) is 0 Å². The Balaban J connectivity index is 1.41. The van der Waals surface area contributed by atoms with Crippen LogP contribution in [0, 0.1) is 6.92 Å². The van der Waals surface area contributed by atoms with Gasteiger partial charge in [0.2, 0.25) is 0 Å². The summed E-state index contributed by atoms with van der Waals surface area (Å²) in [4.78, 5) is 22.5. The van der Waals surface area contributed by atoms with Crippen LogP contribution in [0.4, 0.5) is 23.7 Å². The first-order valence-corrected chi connectivity index (χ1v) is 10.1.